The lowest BCUT2D eigenvalue weighted by molar-refractivity contribution is -0.162. The number of aryl methyl sites for hydroxylation is 1. The molecular formula is C19H30O5S. The zero-order valence-corrected chi connectivity index (χ0v) is 15.9. The molecule has 142 valence electrons. The Morgan fingerprint density at radius 1 is 1.00 bits per heavy atom. The number of benzene rings is 1. The average molecular weight is 371 g/mol. The molecule has 1 fully saturated rings. The van der Waals surface area contributed by atoms with Gasteiger partial charge in [-0.1, -0.05) is 37.0 Å². The summed E-state index contributed by atoms with van der Waals surface area (Å²) >= 11 is 0. The lowest BCUT2D eigenvalue weighted by Gasteiger charge is -2.22. The minimum absolute atomic E-state index is 0.00543. The van der Waals surface area contributed by atoms with Crippen molar-refractivity contribution >= 4 is 10.1 Å². The van der Waals surface area contributed by atoms with Gasteiger partial charge in [0.25, 0.3) is 10.1 Å². The fourth-order valence-electron chi connectivity index (χ4n) is 2.73. The summed E-state index contributed by atoms with van der Waals surface area (Å²) in [7, 11) is -3.62. The van der Waals surface area contributed by atoms with Crippen LogP contribution in [0.3, 0.4) is 0 Å². The van der Waals surface area contributed by atoms with E-state index in [9.17, 15) is 8.42 Å². The molecule has 25 heavy (non-hydrogen) atoms. The van der Waals surface area contributed by atoms with Crippen LogP contribution < -0.4 is 0 Å². The summed E-state index contributed by atoms with van der Waals surface area (Å²) < 4.78 is 40.3. The summed E-state index contributed by atoms with van der Waals surface area (Å²) in [6.07, 6.45) is 8.20. The topological polar surface area (TPSA) is 61.8 Å². The maximum Gasteiger partial charge on any atom is 0.296 e. The predicted octanol–water partition coefficient (Wildman–Crippen LogP) is 4.19. The van der Waals surface area contributed by atoms with E-state index in [1.165, 1.54) is 6.42 Å². The van der Waals surface area contributed by atoms with Gasteiger partial charge in [-0.2, -0.15) is 8.42 Å². The first kappa shape index (κ1) is 20.4. The van der Waals surface area contributed by atoms with Gasteiger partial charge < -0.3 is 9.47 Å². The van der Waals surface area contributed by atoms with Crippen LogP contribution >= 0.6 is 0 Å². The van der Waals surface area contributed by atoms with Crippen LogP contribution in [0.5, 0.6) is 0 Å². The van der Waals surface area contributed by atoms with Crippen molar-refractivity contribution in [2.75, 3.05) is 19.8 Å². The minimum atomic E-state index is -3.62. The van der Waals surface area contributed by atoms with Gasteiger partial charge in [0.2, 0.25) is 0 Å². The van der Waals surface area contributed by atoms with Crippen molar-refractivity contribution in [3.63, 3.8) is 0 Å². The number of ether oxygens (including phenoxy) is 2. The van der Waals surface area contributed by atoms with Crippen molar-refractivity contribution < 1.29 is 22.1 Å². The molecule has 2 rings (SSSR count). The highest BCUT2D eigenvalue weighted by atomic mass is 32.2. The van der Waals surface area contributed by atoms with Gasteiger partial charge >= 0.3 is 0 Å². The molecule has 1 heterocycles. The van der Waals surface area contributed by atoms with E-state index in [2.05, 4.69) is 0 Å². The van der Waals surface area contributed by atoms with Crippen molar-refractivity contribution in [3.8, 4) is 0 Å². The van der Waals surface area contributed by atoms with Crippen LogP contribution in [0.4, 0.5) is 0 Å². The van der Waals surface area contributed by atoms with E-state index in [0.717, 1.165) is 63.7 Å². The van der Waals surface area contributed by atoms with Gasteiger partial charge in [-0.3, -0.25) is 4.18 Å². The molecule has 0 radical (unpaired) electrons. The molecule has 1 aliphatic rings. The van der Waals surface area contributed by atoms with Gasteiger partial charge in [-0.15, -0.1) is 0 Å². The van der Waals surface area contributed by atoms with Crippen molar-refractivity contribution in [1.82, 2.24) is 0 Å². The highest BCUT2D eigenvalue weighted by molar-refractivity contribution is 7.86. The van der Waals surface area contributed by atoms with E-state index in [4.69, 9.17) is 13.7 Å². The molecule has 0 amide bonds. The molecule has 6 heteroatoms. The third-order valence-corrected chi connectivity index (χ3v) is 5.60. The first-order valence-electron chi connectivity index (χ1n) is 9.27. The monoisotopic (exact) mass is 370 g/mol. The lowest BCUT2D eigenvalue weighted by Crippen LogP contribution is -2.22. The summed E-state index contributed by atoms with van der Waals surface area (Å²) in [6.45, 7) is 3.71. The van der Waals surface area contributed by atoms with Gasteiger partial charge in [-0.05, 0) is 51.2 Å². The van der Waals surface area contributed by atoms with Crippen LogP contribution in [-0.4, -0.2) is 34.5 Å². The Labute approximate surface area is 151 Å². The van der Waals surface area contributed by atoms with Crippen LogP contribution in [0.15, 0.2) is 29.2 Å². The number of unbranched alkanes of at least 4 members (excludes halogenated alkanes) is 4. The normalized spacial score (nSPS) is 18.4. The molecule has 0 bridgehead atoms. The van der Waals surface area contributed by atoms with Crippen molar-refractivity contribution in [2.24, 2.45) is 0 Å². The third kappa shape index (κ3) is 7.86. The lowest BCUT2D eigenvalue weighted by atomic mass is 10.1. The van der Waals surface area contributed by atoms with Crippen molar-refractivity contribution in [1.29, 1.82) is 0 Å². The Bertz CT molecular complexity index is 576. The number of hydrogen-bond acceptors (Lipinski definition) is 5. The van der Waals surface area contributed by atoms with E-state index in [1.54, 1.807) is 24.3 Å². The highest BCUT2D eigenvalue weighted by Gasteiger charge is 2.14. The smallest absolute Gasteiger partial charge is 0.296 e. The molecule has 1 aliphatic heterocycles. The maximum absolute atomic E-state index is 12.0. The van der Waals surface area contributed by atoms with E-state index < -0.39 is 10.1 Å². The maximum atomic E-state index is 12.0. The molecular weight excluding hydrogens is 340 g/mol. The molecule has 1 aromatic carbocycles. The number of hydrogen-bond donors (Lipinski definition) is 0. The quantitative estimate of drug-likeness (QED) is 0.432. The minimum Gasteiger partial charge on any atom is -0.353 e. The van der Waals surface area contributed by atoms with Crippen LogP contribution in [0.2, 0.25) is 0 Å². The van der Waals surface area contributed by atoms with Gasteiger partial charge in [-0.25, -0.2) is 0 Å². The zero-order valence-electron chi connectivity index (χ0n) is 15.1. The predicted molar refractivity (Wildman–Crippen MR) is 96.9 cm³/mol. The molecule has 5 nitrogen and oxygen atoms in total. The van der Waals surface area contributed by atoms with Gasteiger partial charge in [0.15, 0.2) is 6.29 Å². The fraction of sp³-hybridized carbons (Fsp3) is 0.684. The Morgan fingerprint density at radius 2 is 1.68 bits per heavy atom. The summed E-state index contributed by atoms with van der Waals surface area (Å²) in [5.74, 6) is 0. The molecule has 0 aliphatic carbocycles. The molecule has 0 spiro atoms. The summed E-state index contributed by atoms with van der Waals surface area (Å²) in [5.41, 5.74) is 1.03. The Hall–Kier alpha value is -0.950. The van der Waals surface area contributed by atoms with Crippen LogP contribution in [-0.2, 0) is 23.8 Å². The zero-order chi connectivity index (χ0) is 18.0. The molecule has 1 aromatic rings. The largest absolute Gasteiger partial charge is 0.353 e. The Kier molecular flexibility index (Phi) is 8.89. The molecule has 1 unspecified atom stereocenters. The second-order valence-electron chi connectivity index (χ2n) is 6.52. The van der Waals surface area contributed by atoms with Crippen LogP contribution in [0, 0.1) is 6.92 Å². The van der Waals surface area contributed by atoms with Gasteiger partial charge in [0.05, 0.1) is 11.5 Å². The fourth-order valence-corrected chi connectivity index (χ4v) is 3.68. The average Bonchev–Trinajstić information content (AvgIpc) is 2.61. The Morgan fingerprint density at radius 3 is 2.36 bits per heavy atom. The molecule has 1 saturated heterocycles. The second kappa shape index (κ2) is 10.9. The van der Waals surface area contributed by atoms with Gasteiger partial charge in [0, 0.05) is 13.2 Å². The van der Waals surface area contributed by atoms with Crippen LogP contribution in [0.1, 0.15) is 56.9 Å². The first-order valence-corrected chi connectivity index (χ1v) is 10.7. The van der Waals surface area contributed by atoms with E-state index in [-0.39, 0.29) is 17.8 Å². The second-order valence-corrected chi connectivity index (χ2v) is 8.14. The highest BCUT2D eigenvalue weighted by Crippen LogP contribution is 2.15. The summed E-state index contributed by atoms with van der Waals surface area (Å²) in [4.78, 5) is 0.222. The molecule has 0 saturated carbocycles. The molecule has 0 N–H and O–H groups in total. The molecule has 1 atom stereocenters. The van der Waals surface area contributed by atoms with Crippen LogP contribution in [0.25, 0.3) is 0 Å². The standard InChI is InChI=1S/C19H30O5S/c1-17-10-12-18(13-11-17)25(20,21)24-16-7-4-2-3-6-14-22-19-9-5-8-15-23-19/h10-13,19H,2-9,14-16H2,1H3. The van der Waals surface area contributed by atoms with Crippen molar-refractivity contribution in [2.45, 2.75) is 69.5 Å². The van der Waals surface area contributed by atoms with Crippen molar-refractivity contribution in [3.05, 3.63) is 29.8 Å². The SMILES string of the molecule is Cc1ccc(S(=O)(=O)OCCCCCCCOC2CCCCO2)cc1. The number of rotatable bonds is 11. The Balaban J connectivity index is 1.48. The van der Waals surface area contributed by atoms with Gasteiger partial charge in [0.1, 0.15) is 0 Å². The molecule has 0 aromatic heterocycles. The third-order valence-electron chi connectivity index (χ3n) is 4.28. The first-order chi connectivity index (χ1) is 12.1. The summed E-state index contributed by atoms with van der Waals surface area (Å²) in [6, 6.07) is 6.72. The van der Waals surface area contributed by atoms with E-state index in [1.807, 2.05) is 6.92 Å². The summed E-state index contributed by atoms with van der Waals surface area (Å²) in [5, 5.41) is 0. The van der Waals surface area contributed by atoms with E-state index in [0.29, 0.717) is 0 Å². The van der Waals surface area contributed by atoms with E-state index >= 15 is 0 Å².